The van der Waals surface area contributed by atoms with Gasteiger partial charge in [0.15, 0.2) is 10.3 Å². The number of rotatable bonds is 5. The van der Waals surface area contributed by atoms with Crippen LogP contribution >= 0.6 is 34.9 Å². The molecule has 34 heavy (non-hydrogen) atoms. The number of carbonyl (C=O) groups is 1. The molecule has 0 aliphatic carbocycles. The molecule has 4 aromatic rings. The fourth-order valence-electron chi connectivity index (χ4n) is 4.07. The van der Waals surface area contributed by atoms with E-state index in [1.807, 2.05) is 45.0 Å². The van der Waals surface area contributed by atoms with Crippen LogP contribution in [0.2, 0.25) is 0 Å². The van der Waals surface area contributed by atoms with Crippen molar-refractivity contribution < 1.29 is 4.79 Å². The zero-order valence-corrected chi connectivity index (χ0v) is 21.8. The molecule has 174 valence electrons. The molecule has 1 amide bonds. The Hall–Kier alpha value is -2.62. The number of anilines is 1. The monoisotopic (exact) mass is 508 g/mol. The fraction of sp³-hybridized carbons (Fsp3) is 0.280. The van der Waals surface area contributed by atoms with Crippen LogP contribution in [-0.4, -0.2) is 31.4 Å². The molecule has 6 nitrogen and oxygen atoms in total. The first-order chi connectivity index (χ1) is 16.3. The molecule has 1 atom stereocenters. The van der Waals surface area contributed by atoms with Gasteiger partial charge in [-0.2, -0.15) is 0 Å². The Morgan fingerprint density at radius 3 is 2.65 bits per heavy atom. The number of hydrogen-bond donors (Lipinski definition) is 1. The van der Waals surface area contributed by atoms with Crippen molar-refractivity contribution in [3.8, 4) is 5.69 Å². The molecule has 2 aromatic carbocycles. The molecule has 0 spiro atoms. The predicted molar refractivity (Wildman–Crippen MR) is 142 cm³/mol. The molecule has 9 heteroatoms. The second-order valence-corrected chi connectivity index (χ2v) is 12.0. The Labute approximate surface area is 210 Å². The van der Waals surface area contributed by atoms with Crippen LogP contribution in [0.5, 0.6) is 0 Å². The Morgan fingerprint density at radius 2 is 1.88 bits per heavy atom. The van der Waals surface area contributed by atoms with Crippen LogP contribution in [0.15, 0.2) is 51.2 Å². The number of benzene rings is 2. The number of amides is 1. The number of aromatic nitrogens is 3. The Balaban J connectivity index is 1.43. The Kier molecular flexibility index (Phi) is 6.26. The highest BCUT2D eigenvalue weighted by atomic mass is 32.2. The zero-order valence-electron chi connectivity index (χ0n) is 19.3. The minimum absolute atomic E-state index is 0.0613. The maximum atomic E-state index is 13.5. The SMILES string of the molecule is Cc1cc(C)cc(-n2c(SCC(=O)Nc3nc4ccc(C)cc4s3)nc3c(c2=O)SC(C)C3)c1. The molecule has 5 rings (SSSR count). The molecule has 0 fully saturated rings. The summed E-state index contributed by atoms with van der Waals surface area (Å²) in [5.41, 5.74) is 5.72. The van der Waals surface area contributed by atoms with Gasteiger partial charge < -0.3 is 5.32 Å². The summed E-state index contributed by atoms with van der Waals surface area (Å²) in [6.07, 6.45) is 0.758. The molecule has 2 aromatic heterocycles. The van der Waals surface area contributed by atoms with Gasteiger partial charge in [-0.1, -0.05) is 42.2 Å². The molecule has 0 saturated carbocycles. The van der Waals surface area contributed by atoms with Crippen molar-refractivity contribution in [1.82, 2.24) is 14.5 Å². The van der Waals surface area contributed by atoms with Crippen molar-refractivity contribution in [2.45, 2.75) is 49.4 Å². The normalized spacial score (nSPS) is 15.0. The maximum Gasteiger partial charge on any atom is 0.272 e. The Morgan fingerprint density at radius 1 is 1.12 bits per heavy atom. The van der Waals surface area contributed by atoms with Crippen LogP contribution in [0.4, 0.5) is 5.13 Å². The third-order valence-corrected chi connectivity index (χ3v) is 8.56. The molecule has 0 bridgehead atoms. The van der Waals surface area contributed by atoms with E-state index in [9.17, 15) is 9.59 Å². The largest absolute Gasteiger partial charge is 0.301 e. The number of nitrogens with one attached hydrogen (secondary N) is 1. The number of fused-ring (bicyclic) bond motifs is 2. The number of aryl methyl sites for hydroxylation is 3. The fourth-order valence-corrected chi connectivity index (χ4v) is 6.98. The minimum Gasteiger partial charge on any atom is -0.301 e. The average molecular weight is 509 g/mol. The van der Waals surface area contributed by atoms with E-state index in [0.717, 1.165) is 44.7 Å². The maximum absolute atomic E-state index is 13.5. The topological polar surface area (TPSA) is 76.9 Å². The van der Waals surface area contributed by atoms with Gasteiger partial charge in [0.2, 0.25) is 5.91 Å². The zero-order chi connectivity index (χ0) is 24.0. The third kappa shape index (κ3) is 4.64. The van der Waals surface area contributed by atoms with Crippen molar-refractivity contribution in [1.29, 1.82) is 0 Å². The molecular formula is C25H24N4O2S3. The number of hydrogen-bond acceptors (Lipinski definition) is 7. The van der Waals surface area contributed by atoms with Crippen LogP contribution in [0.25, 0.3) is 15.9 Å². The lowest BCUT2D eigenvalue weighted by Gasteiger charge is -2.14. The van der Waals surface area contributed by atoms with Crippen LogP contribution < -0.4 is 10.9 Å². The summed E-state index contributed by atoms with van der Waals surface area (Å²) in [7, 11) is 0. The summed E-state index contributed by atoms with van der Waals surface area (Å²) >= 11 is 4.32. The summed E-state index contributed by atoms with van der Waals surface area (Å²) in [4.78, 5) is 36.3. The van der Waals surface area contributed by atoms with Gasteiger partial charge in [-0.25, -0.2) is 9.97 Å². The summed E-state index contributed by atoms with van der Waals surface area (Å²) in [5, 5.41) is 4.33. The highest BCUT2D eigenvalue weighted by Crippen LogP contribution is 2.35. The van der Waals surface area contributed by atoms with Crippen LogP contribution in [-0.2, 0) is 11.2 Å². The third-order valence-electron chi connectivity index (χ3n) is 5.47. The van der Waals surface area contributed by atoms with Crippen molar-refractivity contribution in [2.75, 3.05) is 11.1 Å². The highest BCUT2D eigenvalue weighted by molar-refractivity contribution is 8.00. The van der Waals surface area contributed by atoms with E-state index in [0.29, 0.717) is 20.4 Å². The minimum atomic E-state index is -0.176. The number of thiazole rings is 1. The van der Waals surface area contributed by atoms with E-state index < -0.39 is 0 Å². The quantitative estimate of drug-likeness (QED) is 0.282. The second-order valence-electron chi connectivity index (χ2n) is 8.62. The molecule has 1 unspecified atom stereocenters. The molecule has 1 aliphatic heterocycles. The molecule has 1 N–H and O–H groups in total. The van der Waals surface area contributed by atoms with E-state index in [-0.39, 0.29) is 17.2 Å². The van der Waals surface area contributed by atoms with Gasteiger partial charge in [-0.15, -0.1) is 11.8 Å². The lowest BCUT2D eigenvalue weighted by Crippen LogP contribution is -2.25. The van der Waals surface area contributed by atoms with Gasteiger partial charge in [-0.3, -0.25) is 14.2 Å². The van der Waals surface area contributed by atoms with Gasteiger partial charge in [0.1, 0.15) is 0 Å². The summed E-state index contributed by atoms with van der Waals surface area (Å²) in [6.45, 7) is 8.16. The van der Waals surface area contributed by atoms with E-state index in [1.54, 1.807) is 16.3 Å². The van der Waals surface area contributed by atoms with Crippen LogP contribution in [0.1, 0.15) is 29.3 Å². The van der Waals surface area contributed by atoms with Crippen molar-refractivity contribution >= 4 is 56.1 Å². The smallest absolute Gasteiger partial charge is 0.272 e. The number of nitrogens with zero attached hydrogens (tertiary/aromatic N) is 3. The number of carbonyl (C=O) groups excluding carboxylic acids is 1. The average Bonchev–Trinajstić information content (AvgIpc) is 3.33. The first-order valence-electron chi connectivity index (χ1n) is 11.0. The van der Waals surface area contributed by atoms with Gasteiger partial charge in [0.05, 0.1) is 32.2 Å². The summed E-state index contributed by atoms with van der Waals surface area (Å²) in [6, 6.07) is 12.1. The van der Waals surface area contributed by atoms with Gasteiger partial charge in [0, 0.05) is 11.7 Å². The Bertz CT molecular complexity index is 1470. The van der Waals surface area contributed by atoms with Gasteiger partial charge >= 0.3 is 0 Å². The first-order valence-corrected chi connectivity index (χ1v) is 13.7. The lowest BCUT2D eigenvalue weighted by molar-refractivity contribution is -0.113. The standard InChI is InChI=1S/C25H24N4O2S3/c1-13-5-6-18-20(10-13)34-24(26-18)28-21(30)12-32-25-27-19-11-16(4)33-22(19)23(31)29(25)17-8-14(2)7-15(3)9-17/h5-10,16H,11-12H2,1-4H3,(H,26,28,30). The molecular weight excluding hydrogens is 485 g/mol. The van der Waals surface area contributed by atoms with E-state index in [1.165, 1.54) is 23.1 Å². The molecule has 1 aliphatic rings. The van der Waals surface area contributed by atoms with Crippen molar-refractivity contribution in [3.63, 3.8) is 0 Å². The van der Waals surface area contributed by atoms with E-state index in [4.69, 9.17) is 4.98 Å². The molecule has 0 radical (unpaired) electrons. The van der Waals surface area contributed by atoms with Gasteiger partial charge in [0.25, 0.3) is 5.56 Å². The van der Waals surface area contributed by atoms with E-state index >= 15 is 0 Å². The summed E-state index contributed by atoms with van der Waals surface area (Å²) < 4.78 is 2.70. The van der Waals surface area contributed by atoms with Crippen molar-refractivity contribution in [2.24, 2.45) is 0 Å². The summed E-state index contributed by atoms with van der Waals surface area (Å²) in [5.74, 6) is -0.0431. The lowest BCUT2D eigenvalue weighted by atomic mass is 10.1. The predicted octanol–water partition coefficient (Wildman–Crippen LogP) is 5.53. The number of thioether (sulfide) groups is 2. The second kappa shape index (κ2) is 9.20. The van der Waals surface area contributed by atoms with Gasteiger partial charge in [-0.05, 0) is 61.7 Å². The molecule has 3 heterocycles. The highest BCUT2D eigenvalue weighted by Gasteiger charge is 2.27. The van der Waals surface area contributed by atoms with Crippen LogP contribution in [0, 0.1) is 20.8 Å². The van der Waals surface area contributed by atoms with Crippen molar-refractivity contribution in [3.05, 3.63) is 69.1 Å². The first kappa shape index (κ1) is 23.1. The van der Waals surface area contributed by atoms with Crippen LogP contribution in [0.3, 0.4) is 0 Å². The van der Waals surface area contributed by atoms with E-state index in [2.05, 4.69) is 29.4 Å². The molecule has 0 saturated heterocycles.